The fraction of sp³-hybridized carbons (Fsp3) is 0.286. The average molecular weight is 411 g/mol. The summed E-state index contributed by atoms with van der Waals surface area (Å²) in [6, 6.07) is 15.4. The summed E-state index contributed by atoms with van der Waals surface area (Å²) in [7, 11) is 0. The van der Waals surface area contributed by atoms with Gasteiger partial charge in [0.1, 0.15) is 13.2 Å². The van der Waals surface area contributed by atoms with Crippen LogP contribution in [0.2, 0.25) is 0 Å². The van der Waals surface area contributed by atoms with E-state index in [0.717, 1.165) is 16.9 Å². The van der Waals surface area contributed by atoms with Crippen molar-refractivity contribution < 1.29 is 18.7 Å². The standard InChI is InChI=1S/C21H21N3O4S/c1-14(16-7-8-17-18(12-16)27-10-9-26-17)22-19(25)13-29-21-24-23-20(28-21)11-15-5-3-2-4-6-15/h2-8,12,14H,9-11,13H2,1H3,(H,22,25). The molecule has 0 aliphatic carbocycles. The number of ether oxygens (including phenoxy) is 2. The Morgan fingerprint density at radius 1 is 1.10 bits per heavy atom. The van der Waals surface area contributed by atoms with Crippen LogP contribution < -0.4 is 14.8 Å². The lowest BCUT2D eigenvalue weighted by molar-refractivity contribution is -0.119. The van der Waals surface area contributed by atoms with Crippen LogP contribution >= 0.6 is 11.8 Å². The van der Waals surface area contributed by atoms with E-state index >= 15 is 0 Å². The summed E-state index contributed by atoms with van der Waals surface area (Å²) in [5.41, 5.74) is 2.05. The van der Waals surface area contributed by atoms with E-state index in [1.807, 2.05) is 55.5 Å². The van der Waals surface area contributed by atoms with E-state index in [9.17, 15) is 4.79 Å². The number of aromatic nitrogens is 2. The Morgan fingerprint density at radius 3 is 2.72 bits per heavy atom. The molecule has 0 bridgehead atoms. The summed E-state index contributed by atoms with van der Waals surface area (Å²) in [6.45, 7) is 3.02. The zero-order valence-electron chi connectivity index (χ0n) is 16.0. The number of nitrogens with zero attached hydrogens (tertiary/aromatic N) is 2. The first-order valence-electron chi connectivity index (χ1n) is 9.35. The first kappa shape index (κ1) is 19.3. The van der Waals surface area contributed by atoms with Crippen LogP contribution in [0.25, 0.3) is 0 Å². The van der Waals surface area contributed by atoms with E-state index < -0.39 is 0 Å². The Balaban J connectivity index is 1.28. The second-order valence-corrected chi connectivity index (χ2v) is 7.53. The zero-order chi connectivity index (χ0) is 20.1. The van der Waals surface area contributed by atoms with Crippen LogP contribution in [-0.2, 0) is 11.2 Å². The highest BCUT2D eigenvalue weighted by Crippen LogP contribution is 2.32. The van der Waals surface area contributed by atoms with Crippen molar-refractivity contribution in [2.24, 2.45) is 0 Å². The molecule has 0 fully saturated rings. The van der Waals surface area contributed by atoms with Crippen LogP contribution in [0.5, 0.6) is 11.5 Å². The number of benzene rings is 2. The molecule has 29 heavy (non-hydrogen) atoms. The van der Waals surface area contributed by atoms with Crippen molar-refractivity contribution in [2.75, 3.05) is 19.0 Å². The average Bonchev–Trinajstić information content (AvgIpc) is 3.20. The second-order valence-electron chi connectivity index (χ2n) is 6.61. The maximum absolute atomic E-state index is 12.3. The number of amides is 1. The van der Waals surface area contributed by atoms with Gasteiger partial charge in [0.05, 0.1) is 18.2 Å². The molecule has 3 aromatic rings. The number of hydrogen-bond donors (Lipinski definition) is 1. The Bertz CT molecular complexity index is 977. The second kappa shape index (κ2) is 9.00. The van der Waals surface area contributed by atoms with Crippen molar-refractivity contribution in [1.82, 2.24) is 15.5 Å². The first-order valence-corrected chi connectivity index (χ1v) is 10.3. The molecule has 1 aliphatic rings. The van der Waals surface area contributed by atoms with Gasteiger partial charge in [-0.3, -0.25) is 4.79 Å². The predicted octanol–water partition coefficient (Wildman–Crippen LogP) is 3.40. The third-order valence-corrected chi connectivity index (χ3v) is 5.24. The lowest BCUT2D eigenvalue weighted by Gasteiger charge is -2.21. The summed E-state index contributed by atoms with van der Waals surface area (Å²) < 4.78 is 16.7. The number of fused-ring (bicyclic) bond motifs is 1. The normalized spacial score (nSPS) is 13.7. The predicted molar refractivity (Wildman–Crippen MR) is 108 cm³/mol. The highest BCUT2D eigenvalue weighted by atomic mass is 32.2. The SMILES string of the molecule is CC(NC(=O)CSc1nnc(Cc2ccccc2)o1)c1ccc2c(c1)OCCO2. The van der Waals surface area contributed by atoms with Crippen molar-refractivity contribution in [1.29, 1.82) is 0 Å². The van der Waals surface area contributed by atoms with E-state index in [2.05, 4.69) is 15.5 Å². The first-order chi connectivity index (χ1) is 14.2. The molecule has 2 aromatic carbocycles. The van der Waals surface area contributed by atoms with E-state index in [-0.39, 0.29) is 17.7 Å². The summed E-state index contributed by atoms with van der Waals surface area (Å²) in [5, 5.41) is 11.4. The van der Waals surface area contributed by atoms with Gasteiger partial charge < -0.3 is 19.2 Å². The number of carbonyl (C=O) groups excluding carboxylic acids is 1. The van der Waals surface area contributed by atoms with Gasteiger partial charge in [-0.25, -0.2) is 0 Å². The third-order valence-electron chi connectivity index (χ3n) is 4.42. The van der Waals surface area contributed by atoms with Gasteiger partial charge in [0.2, 0.25) is 11.8 Å². The number of carbonyl (C=O) groups is 1. The maximum atomic E-state index is 12.3. The molecule has 1 unspecified atom stereocenters. The summed E-state index contributed by atoms with van der Waals surface area (Å²) in [5.74, 6) is 2.06. The van der Waals surface area contributed by atoms with Gasteiger partial charge in [-0.1, -0.05) is 48.2 Å². The van der Waals surface area contributed by atoms with E-state index in [0.29, 0.717) is 36.5 Å². The minimum Gasteiger partial charge on any atom is -0.486 e. The molecular formula is C21H21N3O4S. The molecule has 0 radical (unpaired) electrons. The van der Waals surface area contributed by atoms with Crippen molar-refractivity contribution in [3.63, 3.8) is 0 Å². The number of hydrogen-bond acceptors (Lipinski definition) is 7. The van der Waals surface area contributed by atoms with Gasteiger partial charge in [-0.05, 0) is 30.2 Å². The monoisotopic (exact) mass is 411 g/mol. The minimum atomic E-state index is -0.157. The molecular weight excluding hydrogens is 390 g/mol. The molecule has 1 aliphatic heterocycles. The number of thioether (sulfide) groups is 1. The van der Waals surface area contributed by atoms with Crippen molar-refractivity contribution >= 4 is 17.7 Å². The molecule has 1 atom stereocenters. The Labute approximate surface area is 172 Å². The molecule has 1 aromatic heterocycles. The zero-order valence-corrected chi connectivity index (χ0v) is 16.8. The van der Waals surface area contributed by atoms with Crippen LogP contribution in [-0.4, -0.2) is 35.1 Å². The topological polar surface area (TPSA) is 86.5 Å². The lowest BCUT2D eigenvalue weighted by atomic mass is 10.1. The molecule has 8 heteroatoms. The summed E-state index contributed by atoms with van der Waals surface area (Å²) in [6.07, 6.45) is 0.571. The fourth-order valence-corrected chi connectivity index (χ4v) is 3.55. The van der Waals surface area contributed by atoms with Crippen molar-refractivity contribution in [2.45, 2.75) is 24.6 Å². The van der Waals surface area contributed by atoms with Gasteiger partial charge >= 0.3 is 0 Å². The van der Waals surface area contributed by atoms with Gasteiger partial charge in [-0.2, -0.15) is 0 Å². The minimum absolute atomic E-state index is 0.111. The largest absolute Gasteiger partial charge is 0.486 e. The van der Waals surface area contributed by atoms with Crippen molar-refractivity contribution in [3.8, 4) is 11.5 Å². The summed E-state index contributed by atoms with van der Waals surface area (Å²) in [4.78, 5) is 12.3. The molecule has 0 saturated carbocycles. The smallest absolute Gasteiger partial charge is 0.277 e. The van der Waals surface area contributed by atoms with E-state index in [1.54, 1.807) is 0 Å². The van der Waals surface area contributed by atoms with Crippen molar-refractivity contribution in [3.05, 3.63) is 65.5 Å². The van der Waals surface area contributed by atoms with Crippen LogP contribution in [0.1, 0.15) is 30.0 Å². The summed E-state index contributed by atoms with van der Waals surface area (Å²) >= 11 is 1.22. The fourth-order valence-electron chi connectivity index (χ4n) is 2.96. The van der Waals surface area contributed by atoms with Crippen LogP contribution in [0.4, 0.5) is 0 Å². The highest BCUT2D eigenvalue weighted by molar-refractivity contribution is 7.99. The van der Waals surface area contributed by atoms with E-state index in [1.165, 1.54) is 11.8 Å². The Kier molecular flexibility index (Phi) is 6.00. The molecule has 0 saturated heterocycles. The molecule has 1 amide bonds. The van der Waals surface area contributed by atoms with Crippen LogP contribution in [0, 0.1) is 0 Å². The highest BCUT2D eigenvalue weighted by Gasteiger charge is 2.17. The van der Waals surface area contributed by atoms with Gasteiger partial charge in [-0.15, -0.1) is 10.2 Å². The van der Waals surface area contributed by atoms with E-state index in [4.69, 9.17) is 13.9 Å². The molecule has 4 rings (SSSR count). The Morgan fingerprint density at radius 2 is 1.90 bits per heavy atom. The molecule has 150 valence electrons. The molecule has 1 N–H and O–H groups in total. The molecule has 2 heterocycles. The van der Waals surface area contributed by atoms with Gasteiger partial charge in [0.15, 0.2) is 11.5 Å². The number of nitrogens with one attached hydrogen (secondary N) is 1. The van der Waals surface area contributed by atoms with Gasteiger partial charge in [0.25, 0.3) is 5.22 Å². The molecule has 7 nitrogen and oxygen atoms in total. The maximum Gasteiger partial charge on any atom is 0.277 e. The number of rotatable bonds is 7. The molecule has 0 spiro atoms. The lowest BCUT2D eigenvalue weighted by Crippen LogP contribution is -2.28. The van der Waals surface area contributed by atoms with Gasteiger partial charge in [0, 0.05) is 0 Å². The Hall–Kier alpha value is -3.00. The van der Waals surface area contributed by atoms with Crippen LogP contribution in [0.15, 0.2) is 58.2 Å². The third kappa shape index (κ3) is 5.08. The van der Waals surface area contributed by atoms with Crippen LogP contribution in [0.3, 0.4) is 0 Å². The quantitative estimate of drug-likeness (QED) is 0.596.